The molecule has 0 fully saturated rings. The molecule has 1 amide bonds. The summed E-state index contributed by atoms with van der Waals surface area (Å²) >= 11 is 0.911. The highest BCUT2D eigenvalue weighted by Gasteiger charge is 2.36. The lowest BCUT2D eigenvalue weighted by Crippen LogP contribution is -2.33. The summed E-state index contributed by atoms with van der Waals surface area (Å²) in [6, 6.07) is 2.74. The quantitative estimate of drug-likeness (QED) is 0.576. The molecular weight excluding hydrogens is 448 g/mol. The average molecular weight is 463 g/mol. The van der Waals surface area contributed by atoms with Crippen molar-refractivity contribution < 1.29 is 31.1 Å². The van der Waals surface area contributed by atoms with Gasteiger partial charge in [-0.2, -0.15) is 36.5 Å². The largest absolute Gasteiger partial charge is 0.435 e. The van der Waals surface area contributed by atoms with Crippen LogP contribution in [0.5, 0.6) is 0 Å². The third kappa shape index (κ3) is 4.18. The first-order chi connectivity index (χ1) is 14.4. The van der Waals surface area contributed by atoms with Gasteiger partial charge in [0.25, 0.3) is 5.91 Å². The summed E-state index contributed by atoms with van der Waals surface area (Å²) in [6.45, 7) is 0.517. The summed E-state index contributed by atoms with van der Waals surface area (Å²) in [6.07, 6.45) is -7.98. The average Bonchev–Trinajstić information content (AvgIpc) is 3.38. The smallest absolute Gasteiger partial charge is 0.342 e. The van der Waals surface area contributed by atoms with E-state index in [0.717, 1.165) is 27.5 Å². The lowest BCUT2D eigenvalue weighted by molar-refractivity contribution is -0.141. The molecule has 166 valence electrons. The zero-order chi connectivity index (χ0) is 22.6. The van der Waals surface area contributed by atoms with Crippen LogP contribution in [0.15, 0.2) is 23.6 Å². The van der Waals surface area contributed by atoms with E-state index in [2.05, 4.69) is 15.5 Å². The van der Waals surface area contributed by atoms with Crippen molar-refractivity contribution in [1.29, 1.82) is 0 Å². The van der Waals surface area contributed by atoms with Gasteiger partial charge >= 0.3 is 12.4 Å². The van der Waals surface area contributed by atoms with Crippen LogP contribution in [0.2, 0.25) is 0 Å². The molecule has 0 saturated heterocycles. The second kappa shape index (κ2) is 7.39. The molecule has 0 aliphatic carbocycles. The van der Waals surface area contributed by atoms with E-state index in [1.807, 2.05) is 0 Å². The maximum Gasteiger partial charge on any atom is 0.435 e. The number of halogens is 6. The fraction of sp³-hybridized carbons (Fsp3) is 0.389. The summed E-state index contributed by atoms with van der Waals surface area (Å²) in [5.74, 6) is -0.734. The van der Waals surface area contributed by atoms with Crippen LogP contribution in [0.1, 0.15) is 46.3 Å². The monoisotopic (exact) mass is 463 g/mol. The van der Waals surface area contributed by atoms with Crippen molar-refractivity contribution in [3.05, 3.63) is 46.2 Å². The first kappa shape index (κ1) is 21.4. The van der Waals surface area contributed by atoms with Crippen molar-refractivity contribution in [3.8, 4) is 10.6 Å². The standard InChI is InChI=1S/C18H15F6N5OS/c1-28-13(7-15(27-28)18(22,23)24)16(30)25-10-3-2-4-29-12(10)6-11(26-29)14-5-9(8-31-14)17(19,20)21/h5-8,10H,2-4H2,1H3,(H,25,30)/t10-/m0/s1. The van der Waals surface area contributed by atoms with E-state index >= 15 is 0 Å². The molecule has 13 heteroatoms. The number of aryl methyl sites for hydroxylation is 2. The molecule has 3 aromatic rings. The van der Waals surface area contributed by atoms with Gasteiger partial charge in [0, 0.05) is 25.0 Å². The normalized spacial score (nSPS) is 16.9. The minimum Gasteiger partial charge on any atom is -0.342 e. The van der Waals surface area contributed by atoms with Crippen LogP contribution < -0.4 is 5.32 Å². The van der Waals surface area contributed by atoms with Crippen LogP contribution in [0.25, 0.3) is 10.6 Å². The molecular formula is C18H15F6N5OS. The topological polar surface area (TPSA) is 64.7 Å². The molecule has 0 radical (unpaired) electrons. The second-order valence-corrected chi connectivity index (χ2v) is 7.99. The molecule has 6 nitrogen and oxygen atoms in total. The van der Waals surface area contributed by atoms with Crippen molar-refractivity contribution in [2.45, 2.75) is 37.8 Å². The summed E-state index contributed by atoms with van der Waals surface area (Å²) < 4.78 is 79.6. The van der Waals surface area contributed by atoms with Crippen molar-refractivity contribution in [1.82, 2.24) is 24.9 Å². The number of hydrogen-bond donors (Lipinski definition) is 1. The number of hydrogen-bond acceptors (Lipinski definition) is 4. The number of amides is 1. The van der Waals surface area contributed by atoms with Gasteiger partial charge in [-0.25, -0.2) is 0 Å². The lowest BCUT2D eigenvalue weighted by Gasteiger charge is -2.24. The molecule has 4 heterocycles. The van der Waals surface area contributed by atoms with Crippen LogP contribution in [-0.4, -0.2) is 25.5 Å². The Balaban J connectivity index is 1.57. The van der Waals surface area contributed by atoms with Crippen LogP contribution in [0.3, 0.4) is 0 Å². The summed E-state index contributed by atoms with van der Waals surface area (Å²) in [5.41, 5.74) is -1.27. The molecule has 3 aromatic heterocycles. The number of thiophene rings is 1. The third-order valence-corrected chi connectivity index (χ3v) is 5.87. The van der Waals surface area contributed by atoms with Gasteiger partial charge in [-0.05, 0) is 25.0 Å². The van der Waals surface area contributed by atoms with Gasteiger partial charge in [0.1, 0.15) is 11.4 Å². The molecule has 0 spiro atoms. The van der Waals surface area contributed by atoms with Gasteiger partial charge in [-0.3, -0.25) is 14.2 Å². The molecule has 4 rings (SSSR count). The Morgan fingerprint density at radius 2 is 1.87 bits per heavy atom. The predicted octanol–water partition coefficient (Wildman–Crippen LogP) is 4.65. The van der Waals surface area contributed by atoms with E-state index in [0.29, 0.717) is 41.7 Å². The summed E-state index contributed by atoms with van der Waals surface area (Å²) in [7, 11) is 1.24. The second-order valence-electron chi connectivity index (χ2n) is 7.08. The van der Waals surface area contributed by atoms with Crippen molar-refractivity contribution in [3.63, 3.8) is 0 Å². The third-order valence-electron chi connectivity index (χ3n) is 4.92. The highest BCUT2D eigenvalue weighted by Crippen LogP contribution is 2.37. The molecule has 1 atom stereocenters. The van der Waals surface area contributed by atoms with Gasteiger partial charge in [0.2, 0.25) is 0 Å². The number of carbonyl (C=O) groups excluding carboxylic acids is 1. The maximum absolute atomic E-state index is 12.9. The number of carbonyl (C=O) groups is 1. The van der Waals surface area contributed by atoms with Gasteiger partial charge in [0.05, 0.1) is 22.2 Å². The van der Waals surface area contributed by atoms with E-state index in [9.17, 15) is 31.1 Å². The Morgan fingerprint density at radius 1 is 1.13 bits per heavy atom. The minimum absolute atomic E-state index is 0.253. The molecule has 0 bridgehead atoms. The van der Waals surface area contributed by atoms with Crippen molar-refractivity contribution in [2.75, 3.05) is 0 Å². The molecule has 0 aromatic carbocycles. The number of aromatic nitrogens is 4. The van der Waals surface area contributed by atoms with Crippen LogP contribution >= 0.6 is 11.3 Å². The maximum atomic E-state index is 12.9. The SMILES string of the molecule is Cn1nc(C(F)(F)F)cc1C(=O)N[C@H]1CCCn2nc(-c3cc(C(F)(F)F)cs3)cc21. The van der Waals surface area contributed by atoms with Crippen LogP contribution in [-0.2, 0) is 25.9 Å². The highest BCUT2D eigenvalue weighted by molar-refractivity contribution is 7.13. The molecule has 0 saturated carbocycles. The first-order valence-electron chi connectivity index (χ1n) is 9.09. The Labute approximate surface area is 175 Å². The summed E-state index contributed by atoms with van der Waals surface area (Å²) in [5, 5.41) is 11.4. The lowest BCUT2D eigenvalue weighted by atomic mass is 10.0. The van der Waals surface area contributed by atoms with E-state index in [1.165, 1.54) is 7.05 Å². The minimum atomic E-state index is -4.68. The fourth-order valence-electron chi connectivity index (χ4n) is 3.42. The number of alkyl halides is 6. The highest BCUT2D eigenvalue weighted by atomic mass is 32.1. The van der Waals surface area contributed by atoms with E-state index < -0.39 is 35.6 Å². The Hall–Kier alpha value is -2.83. The van der Waals surface area contributed by atoms with Gasteiger partial charge in [-0.15, -0.1) is 11.3 Å². The first-order valence-corrected chi connectivity index (χ1v) is 9.97. The van der Waals surface area contributed by atoms with Crippen molar-refractivity contribution in [2.24, 2.45) is 7.05 Å². The Morgan fingerprint density at radius 3 is 2.48 bits per heavy atom. The van der Waals surface area contributed by atoms with Gasteiger partial charge in [0.15, 0.2) is 5.69 Å². The van der Waals surface area contributed by atoms with Crippen LogP contribution in [0, 0.1) is 0 Å². The van der Waals surface area contributed by atoms with Crippen LogP contribution in [0.4, 0.5) is 26.3 Å². The molecule has 1 N–H and O–H groups in total. The van der Waals surface area contributed by atoms with Gasteiger partial charge < -0.3 is 5.32 Å². The zero-order valence-electron chi connectivity index (χ0n) is 15.9. The molecule has 1 aliphatic heterocycles. The van der Waals surface area contributed by atoms with E-state index in [4.69, 9.17) is 0 Å². The van der Waals surface area contributed by atoms with E-state index in [1.54, 1.807) is 10.7 Å². The van der Waals surface area contributed by atoms with Gasteiger partial charge in [-0.1, -0.05) is 0 Å². The predicted molar refractivity (Wildman–Crippen MR) is 98.2 cm³/mol. The zero-order valence-corrected chi connectivity index (χ0v) is 16.7. The molecule has 0 unspecified atom stereocenters. The molecule has 1 aliphatic rings. The molecule has 31 heavy (non-hydrogen) atoms. The summed E-state index contributed by atoms with van der Waals surface area (Å²) in [4.78, 5) is 12.9. The fourth-order valence-corrected chi connectivity index (χ4v) is 4.29. The number of fused-ring (bicyclic) bond motifs is 1. The Kier molecular flexibility index (Phi) is 5.10. The number of rotatable bonds is 3. The number of nitrogens with one attached hydrogen (secondary N) is 1. The Bertz CT molecular complexity index is 1130. The number of nitrogens with zero attached hydrogens (tertiary/aromatic N) is 4. The van der Waals surface area contributed by atoms with E-state index in [-0.39, 0.29) is 5.69 Å². The van der Waals surface area contributed by atoms with Crippen molar-refractivity contribution >= 4 is 17.2 Å².